The largest absolute Gasteiger partial charge is 0.499 e. The molecule has 15 heteroatoms. The number of rotatable bonds is 4. The second kappa shape index (κ2) is 5.58. The van der Waals surface area contributed by atoms with Crippen molar-refractivity contribution >= 4 is 29.5 Å². The van der Waals surface area contributed by atoms with Crippen molar-refractivity contribution in [3.63, 3.8) is 0 Å². The molecular weight excluding hydrogens is 426 g/mol. The van der Waals surface area contributed by atoms with Crippen molar-refractivity contribution in [2.24, 2.45) is 11.8 Å². The molecule has 1 saturated carbocycles. The average Bonchev–Trinajstić information content (AvgIpc) is 2.96. The lowest BCUT2D eigenvalue weighted by molar-refractivity contribution is -0.0462. The lowest BCUT2D eigenvalue weighted by atomic mass is 10.1. The van der Waals surface area contributed by atoms with Gasteiger partial charge < -0.3 is 0 Å². The Balaban J connectivity index is 2.71. The second-order valence-corrected chi connectivity index (χ2v) is 12.9. The normalized spacial score (nSPS) is 28.0. The van der Waals surface area contributed by atoms with Crippen LogP contribution in [0.1, 0.15) is 12.8 Å². The van der Waals surface area contributed by atoms with Crippen molar-refractivity contribution in [3.8, 4) is 0 Å². The highest BCUT2D eigenvalue weighted by Gasteiger charge is 2.69. The summed E-state index contributed by atoms with van der Waals surface area (Å²) in [5.41, 5.74) is -13.0. The Hall–Kier alpha value is -0.830. The second-order valence-electron chi connectivity index (χ2n) is 5.68. The van der Waals surface area contributed by atoms with Crippen LogP contribution in [-0.4, -0.2) is 45.4 Å². The topological polar surface area (TPSA) is 102 Å². The van der Waals surface area contributed by atoms with Crippen LogP contribution in [0.25, 0.3) is 0 Å². The van der Waals surface area contributed by atoms with E-state index in [9.17, 15) is 51.6 Å². The molecular formula is C10H10F6O6S3. The lowest BCUT2D eigenvalue weighted by Gasteiger charge is -2.26. The highest BCUT2D eigenvalue weighted by molar-refractivity contribution is 8.24. The van der Waals surface area contributed by atoms with Gasteiger partial charge in [0, 0.05) is 0 Å². The predicted molar refractivity (Wildman–Crippen MR) is 71.8 cm³/mol. The Bertz CT molecular complexity index is 852. The zero-order valence-electron chi connectivity index (χ0n) is 11.8. The number of halogens is 6. The number of hydrogen-bond donors (Lipinski definition) is 0. The first-order valence-electron chi connectivity index (χ1n) is 6.45. The van der Waals surface area contributed by atoms with Crippen LogP contribution in [0.4, 0.5) is 26.3 Å². The van der Waals surface area contributed by atoms with Crippen molar-refractivity contribution in [2.45, 2.75) is 33.0 Å². The van der Waals surface area contributed by atoms with Gasteiger partial charge >= 0.3 is 11.0 Å². The van der Waals surface area contributed by atoms with Gasteiger partial charge in [0.1, 0.15) is 0 Å². The van der Waals surface area contributed by atoms with Gasteiger partial charge in [-0.3, -0.25) is 0 Å². The van der Waals surface area contributed by atoms with E-state index in [2.05, 4.69) is 0 Å². The monoisotopic (exact) mass is 436 g/mol. The molecule has 0 N–H and O–H groups in total. The maximum Gasteiger partial charge on any atom is 0.499 e. The number of fused-ring (bicyclic) bond motifs is 2. The van der Waals surface area contributed by atoms with E-state index in [0.29, 0.717) is 0 Å². The molecule has 0 spiro atoms. The average molecular weight is 436 g/mol. The molecule has 0 aromatic carbocycles. The molecule has 3 atom stereocenters. The summed E-state index contributed by atoms with van der Waals surface area (Å²) >= 11 is 0. The Kier molecular flexibility index (Phi) is 4.57. The third-order valence-electron chi connectivity index (χ3n) is 4.06. The summed E-state index contributed by atoms with van der Waals surface area (Å²) in [6, 6.07) is 0. The van der Waals surface area contributed by atoms with Gasteiger partial charge in [-0.1, -0.05) is 12.2 Å². The maximum absolute atomic E-state index is 12.7. The van der Waals surface area contributed by atoms with Gasteiger partial charge in [0.15, 0.2) is 9.84 Å². The van der Waals surface area contributed by atoms with Crippen molar-refractivity contribution < 1.29 is 51.6 Å². The summed E-state index contributed by atoms with van der Waals surface area (Å²) in [7, 11) is -20.3. The molecule has 2 bridgehead atoms. The minimum Gasteiger partial charge on any atom is -0.226 e. The van der Waals surface area contributed by atoms with Crippen molar-refractivity contribution in [1.82, 2.24) is 0 Å². The third kappa shape index (κ3) is 3.07. The minimum atomic E-state index is -7.21. The summed E-state index contributed by atoms with van der Waals surface area (Å²) in [6.07, 6.45) is 2.34. The van der Waals surface area contributed by atoms with Crippen LogP contribution in [0, 0.1) is 11.8 Å². The van der Waals surface area contributed by atoms with Crippen LogP contribution >= 0.6 is 0 Å². The fourth-order valence-corrected chi connectivity index (χ4v) is 11.2. The van der Waals surface area contributed by atoms with E-state index >= 15 is 0 Å². The van der Waals surface area contributed by atoms with Crippen LogP contribution in [0.3, 0.4) is 0 Å². The van der Waals surface area contributed by atoms with Crippen molar-refractivity contribution in [3.05, 3.63) is 12.2 Å². The zero-order chi connectivity index (χ0) is 19.6. The van der Waals surface area contributed by atoms with E-state index in [1.807, 2.05) is 0 Å². The van der Waals surface area contributed by atoms with Crippen LogP contribution in [0.2, 0.25) is 0 Å². The van der Waals surface area contributed by atoms with E-state index < -0.39 is 67.9 Å². The van der Waals surface area contributed by atoms with Crippen LogP contribution in [0.5, 0.6) is 0 Å². The minimum absolute atomic E-state index is 0.0781. The Morgan fingerprint density at radius 1 is 0.760 bits per heavy atom. The Labute approximate surface area is 138 Å². The van der Waals surface area contributed by atoms with Gasteiger partial charge in [-0.2, -0.15) is 26.3 Å². The zero-order valence-corrected chi connectivity index (χ0v) is 14.3. The van der Waals surface area contributed by atoms with E-state index in [1.54, 1.807) is 0 Å². The standard InChI is InChI=1S/C10H10F6O6S3/c11-9(12,13)24(19,20)8(25(21,22)10(14,15)16)23(17,18)7-4-5-1-2-6(7)3-5/h1-2,5-8H,3-4H2. The lowest BCUT2D eigenvalue weighted by Crippen LogP contribution is -2.52. The molecule has 1 fully saturated rings. The molecule has 0 amide bonds. The first-order chi connectivity index (χ1) is 10.9. The molecule has 0 saturated heterocycles. The van der Waals surface area contributed by atoms with E-state index in [0.717, 1.165) is 0 Å². The maximum atomic E-state index is 12.7. The SMILES string of the molecule is O=S(=O)(C1CC2C=CC1C2)C(S(=O)(=O)C(F)(F)F)S(=O)(=O)C(F)(F)F. The molecule has 0 aromatic heterocycles. The van der Waals surface area contributed by atoms with Gasteiger partial charge in [0.2, 0.25) is 0 Å². The first-order valence-corrected chi connectivity index (χ1v) is 11.2. The van der Waals surface area contributed by atoms with Gasteiger partial charge in [-0.25, -0.2) is 25.3 Å². The quantitative estimate of drug-likeness (QED) is 0.489. The van der Waals surface area contributed by atoms with Gasteiger partial charge in [-0.05, 0) is 24.7 Å². The molecule has 0 aromatic rings. The summed E-state index contributed by atoms with van der Waals surface area (Å²) in [6.45, 7) is 0. The summed E-state index contributed by atoms with van der Waals surface area (Å²) in [5.74, 6) is -1.52. The molecule has 2 aliphatic carbocycles. The van der Waals surface area contributed by atoms with E-state index in [-0.39, 0.29) is 6.42 Å². The number of alkyl halides is 6. The highest BCUT2D eigenvalue weighted by Crippen LogP contribution is 2.47. The Morgan fingerprint density at radius 2 is 1.20 bits per heavy atom. The van der Waals surface area contributed by atoms with Crippen LogP contribution < -0.4 is 0 Å². The summed E-state index contributed by atoms with van der Waals surface area (Å²) in [5, 5.41) is -1.96. The number of sulfone groups is 3. The van der Waals surface area contributed by atoms with E-state index in [4.69, 9.17) is 0 Å². The fraction of sp³-hybridized carbons (Fsp3) is 0.800. The first kappa shape index (κ1) is 20.5. The van der Waals surface area contributed by atoms with Crippen LogP contribution in [0.15, 0.2) is 12.2 Å². The molecule has 2 aliphatic rings. The van der Waals surface area contributed by atoms with E-state index in [1.165, 1.54) is 12.2 Å². The highest BCUT2D eigenvalue weighted by atomic mass is 32.3. The molecule has 3 unspecified atom stereocenters. The third-order valence-corrected chi connectivity index (χ3v) is 12.9. The van der Waals surface area contributed by atoms with Crippen molar-refractivity contribution in [2.75, 3.05) is 0 Å². The number of hydrogen-bond acceptors (Lipinski definition) is 6. The fourth-order valence-electron chi connectivity index (χ4n) is 2.99. The predicted octanol–water partition coefficient (Wildman–Crippen LogP) is 1.52. The van der Waals surface area contributed by atoms with Crippen molar-refractivity contribution in [1.29, 1.82) is 0 Å². The van der Waals surface area contributed by atoms with Gasteiger partial charge in [0.05, 0.1) is 5.25 Å². The summed E-state index contributed by atoms with van der Waals surface area (Å²) in [4.78, 5) is 0. The van der Waals surface area contributed by atoms with Crippen LogP contribution in [-0.2, 0) is 29.5 Å². The molecule has 0 heterocycles. The number of allylic oxidation sites excluding steroid dienone is 2. The molecule has 2 rings (SSSR count). The van der Waals surface area contributed by atoms with Gasteiger partial charge in [0.25, 0.3) is 23.6 Å². The molecule has 6 nitrogen and oxygen atoms in total. The summed E-state index contributed by atoms with van der Waals surface area (Å²) < 4.78 is 142. The smallest absolute Gasteiger partial charge is 0.226 e. The van der Waals surface area contributed by atoms with Gasteiger partial charge in [-0.15, -0.1) is 0 Å². The molecule has 0 radical (unpaired) electrons. The molecule has 146 valence electrons. The molecule has 0 aliphatic heterocycles. The molecule has 25 heavy (non-hydrogen) atoms. The Morgan fingerprint density at radius 3 is 1.48 bits per heavy atom.